The molecule has 0 fully saturated rings. The third-order valence-electron chi connectivity index (χ3n) is 5.19. The molecule has 0 radical (unpaired) electrons. The predicted molar refractivity (Wildman–Crippen MR) is 119 cm³/mol. The van der Waals surface area contributed by atoms with E-state index in [0.717, 1.165) is 22.0 Å². The molecule has 0 aliphatic heterocycles. The first-order chi connectivity index (χ1) is 14.1. The number of aryl methyl sites for hydroxylation is 4. The van der Waals surface area contributed by atoms with Gasteiger partial charge in [0, 0.05) is 30.8 Å². The second kappa shape index (κ2) is 8.71. The Morgan fingerprint density at radius 2 is 1.63 bits per heavy atom. The smallest absolute Gasteiger partial charge is 0.252 e. The van der Waals surface area contributed by atoms with E-state index in [9.17, 15) is 18.3 Å². The van der Waals surface area contributed by atoms with Gasteiger partial charge < -0.3 is 10.1 Å². The minimum absolute atomic E-state index is 0.0613. The van der Waals surface area contributed by atoms with E-state index in [2.05, 4.69) is 4.98 Å². The summed E-state index contributed by atoms with van der Waals surface area (Å²) in [5.41, 5.74) is 4.15. The number of rotatable bonds is 7. The number of H-pyrrole nitrogens is 1. The number of sulfonamides is 1. The average Bonchev–Trinajstić information content (AvgIpc) is 2.64. The van der Waals surface area contributed by atoms with E-state index in [1.54, 1.807) is 19.9 Å². The van der Waals surface area contributed by atoms with Crippen molar-refractivity contribution >= 4 is 20.9 Å². The fourth-order valence-electron chi connectivity index (χ4n) is 3.90. The third-order valence-corrected chi connectivity index (χ3v) is 7.34. The van der Waals surface area contributed by atoms with Crippen LogP contribution >= 0.6 is 0 Å². The van der Waals surface area contributed by atoms with Crippen LogP contribution in [0.4, 0.5) is 0 Å². The summed E-state index contributed by atoms with van der Waals surface area (Å²) in [4.78, 5) is 15.8. The predicted octanol–water partition coefficient (Wildman–Crippen LogP) is 3.34. The van der Waals surface area contributed by atoms with Gasteiger partial charge in [-0.25, -0.2) is 8.42 Å². The molecule has 2 N–H and O–H groups in total. The van der Waals surface area contributed by atoms with Crippen LogP contribution in [0.3, 0.4) is 0 Å². The van der Waals surface area contributed by atoms with E-state index in [4.69, 9.17) is 0 Å². The number of aromatic nitrogens is 1. The molecule has 1 heterocycles. The Hall–Kier alpha value is -2.48. The van der Waals surface area contributed by atoms with E-state index in [0.29, 0.717) is 16.7 Å². The zero-order valence-corrected chi connectivity index (χ0v) is 18.6. The van der Waals surface area contributed by atoms with Crippen LogP contribution in [0.5, 0.6) is 0 Å². The van der Waals surface area contributed by atoms with Crippen molar-refractivity contribution in [2.45, 2.75) is 45.6 Å². The Labute approximate surface area is 177 Å². The number of aliphatic hydroxyl groups excluding tert-OH is 1. The number of aliphatic hydroxyl groups is 1. The van der Waals surface area contributed by atoms with Crippen molar-refractivity contribution in [1.82, 2.24) is 9.29 Å². The lowest BCUT2D eigenvalue weighted by atomic mass is 10.1. The molecule has 0 bridgehead atoms. The number of pyridine rings is 1. The number of hydrogen-bond donors (Lipinski definition) is 2. The van der Waals surface area contributed by atoms with E-state index in [1.165, 1.54) is 4.31 Å². The summed E-state index contributed by atoms with van der Waals surface area (Å²) in [6.07, 6.45) is 0.286. The van der Waals surface area contributed by atoms with Gasteiger partial charge in [-0.1, -0.05) is 29.8 Å². The maximum atomic E-state index is 13.5. The lowest BCUT2D eigenvalue weighted by Crippen LogP contribution is -2.35. The van der Waals surface area contributed by atoms with Crippen molar-refractivity contribution < 1.29 is 13.5 Å². The molecule has 160 valence electrons. The molecular weight excluding hydrogens is 400 g/mol. The first-order valence-electron chi connectivity index (χ1n) is 9.95. The van der Waals surface area contributed by atoms with Gasteiger partial charge in [0.1, 0.15) is 0 Å². The molecule has 7 heteroatoms. The summed E-state index contributed by atoms with van der Waals surface area (Å²) in [7, 11) is -3.86. The van der Waals surface area contributed by atoms with Crippen LogP contribution in [0.15, 0.2) is 46.1 Å². The zero-order chi connectivity index (χ0) is 22.1. The summed E-state index contributed by atoms with van der Waals surface area (Å²) in [6, 6.07) is 11.2. The molecule has 6 nitrogen and oxygen atoms in total. The molecule has 2 aromatic carbocycles. The lowest BCUT2D eigenvalue weighted by molar-refractivity contribution is 0.267. The van der Waals surface area contributed by atoms with Crippen molar-refractivity contribution in [3.8, 4) is 0 Å². The summed E-state index contributed by atoms with van der Waals surface area (Å²) in [5.74, 6) is 0. The molecule has 0 saturated heterocycles. The Morgan fingerprint density at radius 3 is 2.27 bits per heavy atom. The number of aromatic amines is 1. The van der Waals surface area contributed by atoms with Crippen molar-refractivity contribution in [3.63, 3.8) is 0 Å². The number of nitrogens with zero attached hydrogens (tertiary/aromatic N) is 1. The molecule has 3 aromatic rings. The molecule has 0 spiro atoms. The maximum Gasteiger partial charge on any atom is 0.252 e. The monoisotopic (exact) mass is 428 g/mol. The number of fused-ring (bicyclic) bond motifs is 1. The van der Waals surface area contributed by atoms with Crippen LogP contribution in [0, 0.1) is 27.7 Å². The number of benzene rings is 2. The van der Waals surface area contributed by atoms with Gasteiger partial charge in [0.05, 0.1) is 4.90 Å². The Morgan fingerprint density at radius 1 is 0.967 bits per heavy atom. The minimum Gasteiger partial charge on any atom is -0.396 e. The Kier molecular flexibility index (Phi) is 6.45. The van der Waals surface area contributed by atoms with Gasteiger partial charge in [0.15, 0.2) is 0 Å². The van der Waals surface area contributed by atoms with Crippen LogP contribution in [0.25, 0.3) is 10.9 Å². The molecular formula is C23H28N2O4S. The molecule has 1 aromatic heterocycles. The molecule has 0 unspecified atom stereocenters. The van der Waals surface area contributed by atoms with Crippen LogP contribution in [-0.4, -0.2) is 36.0 Å². The topological polar surface area (TPSA) is 90.5 Å². The van der Waals surface area contributed by atoms with Gasteiger partial charge in [-0.3, -0.25) is 4.79 Å². The fraction of sp³-hybridized carbons (Fsp3) is 0.348. The molecule has 0 atom stereocenters. The van der Waals surface area contributed by atoms with Crippen LogP contribution in [0.2, 0.25) is 0 Å². The SMILES string of the molecule is Cc1cc(C)c(S(=O)(=O)N(CCCO)Cc2cc3ccc(C)cc3[nH]c2=O)c(C)c1. The zero-order valence-electron chi connectivity index (χ0n) is 17.8. The second-order valence-corrected chi connectivity index (χ2v) is 9.73. The van der Waals surface area contributed by atoms with Crippen LogP contribution in [-0.2, 0) is 16.6 Å². The second-order valence-electron chi connectivity index (χ2n) is 7.86. The molecule has 30 heavy (non-hydrogen) atoms. The Bertz CT molecular complexity index is 1220. The van der Waals surface area contributed by atoms with Crippen LogP contribution in [0.1, 0.15) is 34.2 Å². The van der Waals surface area contributed by atoms with Gasteiger partial charge in [0.25, 0.3) is 5.56 Å². The lowest BCUT2D eigenvalue weighted by Gasteiger charge is -2.24. The van der Waals surface area contributed by atoms with Gasteiger partial charge in [-0.2, -0.15) is 4.31 Å². The molecule has 0 aliphatic carbocycles. The van der Waals surface area contributed by atoms with Crippen molar-refractivity contribution in [1.29, 1.82) is 0 Å². The largest absolute Gasteiger partial charge is 0.396 e. The summed E-state index contributed by atoms with van der Waals surface area (Å²) >= 11 is 0. The average molecular weight is 429 g/mol. The quantitative estimate of drug-likeness (QED) is 0.604. The summed E-state index contributed by atoms with van der Waals surface area (Å²) < 4.78 is 28.4. The van der Waals surface area contributed by atoms with E-state index in [-0.39, 0.29) is 36.6 Å². The van der Waals surface area contributed by atoms with E-state index < -0.39 is 10.0 Å². The van der Waals surface area contributed by atoms with E-state index in [1.807, 2.05) is 44.2 Å². The first kappa shape index (κ1) is 22.2. The van der Waals surface area contributed by atoms with Crippen molar-refractivity contribution in [2.75, 3.05) is 13.2 Å². The van der Waals surface area contributed by atoms with Gasteiger partial charge in [0.2, 0.25) is 10.0 Å². The Balaban J connectivity index is 2.07. The molecule has 3 rings (SSSR count). The number of hydrogen-bond acceptors (Lipinski definition) is 4. The highest BCUT2D eigenvalue weighted by atomic mass is 32.2. The molecule has 0 amide bonds. The van der Waals surface area contributed by atoms with Gasteiger partial charge in [-0.15, -0.1) is 0 Å². The highest BCUT2D eigenvalue weighted by Crippen LogP contribution is 2.26. The third kappa shape index (κ3) is 4.48. The fourth-order valence-corrected chi connectivity index (χ4v) is 5.77. The molecule has 0 saturated carbocycles. The van der Waals surface area contributed by atoms with Gasteiger partial charge >= 0.3 is 0 Å². The van der Waals surface area contributed by atoms with Gasteiger partial charge in [-0.05, 0) is 68.3 Å². The number of nitrogens with one attached hydrogen (secondary N) is 1. The standard InChI is InChI=1S/C23H28N2O4S/c1-15-6-7-19-13-20(23(27)24-21(19)12-15)14-25(8-5-9-26)30(28,29)22-17(3)10-16(2)11-18(22)4/h6-7,10-13,26H,5,8-9,14H2,1-4H3,(H,24,27). The van der Waals surface area contributed by atoms with E-state index >= 15 is 0 Å². The highest BCUT2D eigenvalue weighted by molar-refractivity contribution is 7.89. The molecule has 0 aliphatic rings. The summed E-state index contributed by atoms with van der Waals surface area (Å²) in [6.45, 7) is 7.36. The highest BCUT2D eigenvalue weighted by Gasteiger charge is 2.28. The first-order valence-corrected chi connectivity index (χ1v) is 11.4. The maximum absolute atomic E-state index is 13.5. The summed E-state index contributed by atoms with van der Waals surface area (Å²) in [5, 5.41) is 10.1. The van der Waals surface area contributed by atoms with Crippen molar-refractivity contribution in [2.24, 2.45) is 0 Å². The minimum atomic E-state index is -3.86. The van der Waals surface area contributed by atoms with Crippen molar-refractivity contribution in [3.05, 3.63) is 74.6 Å². The normalized spacial score (nSPS) is 12.1. The van der Waals surface area contributed by atoms with Crippen LogP contribution < -0.4 is 5.56 Å².